The van der Waals surface area contributed by atoms with Crippen molar-refractivity contribution < 1.29 is 24.0 Å². The zero-order chi connectivity index (χ0) is 26.7. The Balaban J connectivity index is 1.75. The highest BCUT2D eigenvalue weighted by Crippen LogP contribution is 2.48. The van der Waals surface area contributed by atoms with E-state index in [0.29, 0.717) is 60.4 Å². The number of primary amides is 1. The van der Waals surface area contributed by atoms with Gasteiger partial charge in [0.1, 0.15) is 12.0 Å². The van der Waals surface area contributed by atoms with Crippen molar-refractivity contribution in [1.82, 2.24) is 15.0 Å². The van der Waals surface area contributed by atoms with Crippen LogP contribution < -0.4 is 16.4 Å². The molecule has 0 spiro atoms. The number of carboxylic acid groups (broad SMARTS) is 1. The smallest absolute Gasteiger partial charge is 0.352 e. The average Bonchev–Trinajstić information content (AvgIpc) is 3.48. The second-order valence-electron chi connectivity index (χ2n) is 10.3. The van der Waals surface area contributed by atoms with Gasteiger partial charge in [0.05, 0.1) is 11.3 Å². The predicted octanol–water partition coefficient (Wildman–Crippen LogP) is 3.42. The van der Waals surface area contributed by atoms with Crippen LogP contribution in [-0.2, 0) is 22.1 Å². The van der Waals surface area contributed by atoms with Crippen LogP contribution >= 0.6 is 0 Å². The number of aromatic carboxylic acids is 1. The Morgan fingerprint density at radius 3 is 2.65 bits per heavy atom. The van der Waals surface area contributed by atoms with Crippen molar-refractivity contribution >= 4 is 34.5 Å². The molecule has 4 rings (SSSR count). The molecule has 2 amide bonds. The molecule has 1 aromatic carbocycles. The number of hydrogen-bond acceptors (Lipinski definition) is 6. The Kier molecular flexibility index (Phi) is 7.56. The van der Waals surface area contributed by atoms with Gasteiger partial charge < -0.3 is 30.6 Å². The van der Waals surface area contributed by atoms with Crippen LogP contribution in [0.5, 0.6) is 0 Å². The molecule has 3 aromatic rings. The molecule has 0 radical (unpaired) electrons. The first-order chi connectivity index (χ1) is 17.7. The summed E-state index contributed by atoms with van der Waals surface area (Å²) in [4.78, 5) is 39.8. The van der Waals surface area contributed by atoms with E-state index >= 15 is 0 Å². The summed E-state index contributed by atoms with van der Waals surface area (Å²) < 4.78 is 6.45. The van der Waals surface area contributed by atoms with Gasteiger partial charge in [-0.3, -0.25) is 9.59 Å². The van der Waals surface area contributed by atoms with Crippen LogP contribution in [0.4, 0.5) is 5.82 Å². The molecule has 5 N–H and O–H groups in total. The number of benzene rings is 1. The van der Waals surface area contributed by atoms with Crippen LogP contribution in [0, 0.1) is 11.8 Å². The second-order valence-corrected chi connectivity index (χ2v) is 10.3. The number of fused-ring (bicyclic) bond motifs is 1. The lowest BCUT2D eigenvalue weighted by Gasteiger charge is -2.42. The highest BCUT2D eigenvalue weighted by molar-refractivity contribution is 6.06. The molecule has 2 aromatic heterocycles. The van der Waals surface area contributed by atoms with E-state index < -0.39 is 23.2 Å². The lowest BCUT2D eigenvalue weighted by Crippen LogP contribution is -2.56. The van der Waals surface area contributed by atoms with E-state index in [-0.39, 0.29) is 17.6 Å². The molecule has 1 aliphatic rings. The molecule has 1 fully saturated rings. The lowest BCUT2D eigenvalue weighted by molar-refractivity contribution is -0.137. The fraction of sp³-hybridized carbons (Fsp3) is 0.481. The van der Waals surface area contributed by atoms with E-state index in [0.717, 1.165) is 6.42 Å². The number of carbonyl (C=O) groups excluding carboxylic acids is 2. The third kappa shape index (κ3) is 4.92. The molecule has 10 nitrogen and oxygen atoms in total. The maximum absolute atomic E-state index is 13.9. The average molecular weight is 510 g/mol. The van der Waals surface area contributed by atoms with Gasteiger partial charge in [-0.05, 0) is 31.2 Å². The van der Waals surface area contributed by atoms with Gasteiger partial charge in [-0.25, -0.2) is 4.79 Å². The third-order valence-corrected chi connectivity index (χ3v) is 7.49. The number of aryl methyl sites for hydroxylation is 1. The molecule has 0 saturated heterocycles. The first-order valence-electron chi connectivity index (χ1n) is 12.7. The van der Waals surface area contributed by atoms with E-state index in [1.807, 2.05) is 12.1 Å². The Hall–Kier alpha value is -3.82. The van der Waals surface area contributed by atoms with Crippen molar-refractivity contribution in [3.05, 3.63) is 47.9 Å². The Bertz CT molecular complexity index is 1280. The van der Waals surface area contributed by atoms with Crippen LogP contribution in [0.1, 0.15) is 62.0 Å². The summed E-state index contributed by atoms with van der Waals surface area (Å²) in [6.45, 7) is 4.55. The highest BCUT2D eigenvalue weighted by Gasteiger charge is 2.54. The molecule has 1 aliphatic carbocycles. The number of carboxylic acids is 1. The normalized spacial score (nSPS) is 20.6. The number of anilines is 1. The fourth-order valence-electron chi connectivity index (χ4n) is 5.94. The quantitative estimate of drug-likeness (QED) is 0.327. The minimum Gasteiger partial charge on any atom is -0.477 e. The first kappa shape index (κ1) is 26.2. The van der Waals surface area contributed by atoms with Crippen molar-refractivity contribution in [3.63, 3.8) is 0 Å². The molecule has 0 unspecified atom stereocenters. The summed E-state index contributed by atoms with van der Waals surface area (Å²) in [5.74, 6) is -2.07. The van der Waals surface area contributed by atoms with Crippen LogP contribution in [-0.4, -0.2) is 45.2 Å². The molecule has 0 bridgehead atoms. The SMILES string of the molecule is CC(C)C[C@@H](CNc1ccon1)NC(=O)[C@@H]1CCCC[C@@]1(C(N)=O)c1c(C(=O)O)n(C)c2ccccc12. The summed E-state index contributed by atoms with van der Waals surface area (Å²) >= 11 is 0. The minimum absolute atomic E-state index is 0.00821. The summed E-state index contributed by atoms with van der Waals surface area (Å²) in [6, 6.07) is 8.68. The van der Waals surface area contributed by atoms with Crippen LogP contribution in [0.3, 0.4) is 0 Å². The summed E-state index contributed by atoms with van der Waals surface area (Å²) in [6.07, 6.45) is 4.31. The zero-order valence-electron chi connectivity index (χ0n) is 21.5. The zero-order valence-corrected chi connectivity index (χ0v) is 21.5. The van der Waals surface area contributed by atoms with E-state index in [9.17, 15) is 19.5 Å². The van der Waals surface area contributed by atoms with E-state index in [2.05, 4.69) is 29.6 Å². The Morgan fingerprint density at radius 2 is 2.00 bits per heavy atom. The van der Waals surface area contributed by atoms with Crippen molar-refractivity contribution in [2.24, 2.45) is 24.6 Å². The largest absolute Gasteiger partial charge is 0.477 e. The molecule has 2 heterocycles. The number of para-hydroxylation sites is 1. The number of amides is 2. The summed E-state index contributed by atoms with van der Waals surface area (Å²) in [7, 11) is 1.66. The van der Waals surface area contributed by atoms with Gasteiger partial charge in [0.15, 0.2) is 5.82 Å². The molecule has 3 atom stereocenters. The number of nitrogens with two attached hydrogens (primary N) is 1. The topological polar surface area (TPSA) is 152 Å². The van der Waals surface area contributed by atoms with E-state index in [1.54, 1.807) is 29.8 Å². The maximum Gasteiger partial charge on any atom is 0.352 e. The molecular weight excluding hydrogens is 474 g/mol. The van der Waals surface area contributed by atoms with Gasteiger partial charge in [0.2, 0.25) is 11.8 Å². The molecule has 37 heavy (non-hydrogen) atoms. The molecule has 10 heteroatoms. The van der Waals surface area contributed by atoms with Crippen molar-refractivity contribution in [2.45, 2.75) is 57.4 Å². The maximum atomic E-state index is 13.9. The Labute approximate surface area is 215 Å². The van der Waals surface area contributed by atoms with Gasteiger partial charge in [0.25, 0.3) is 0 Å². The van der Waals surface area contributed by atoms with Crippen LogP contribution in [0.25, 0.3) is 10.9 Å². The summed E-state index contributed by atoms with van der Waals surface area (Å²) in [5.41, 5.74) is 5.68. The fourth-order valence-corrected chi connectivity index (χ4v) is 5.94. The van der Waals surface area contributed by atoms with Gasteiger partial charge in [0, 0.05) is 42.2 Å². The van der Waals surface area contributed by atoms with Crippen LogP contribution in [0.2, 0.25) is 0 Å². The van der Waals surface area contributed by atoms with Gasteiger partial charge in [-0.1, -0.05) is 50.0 Å². The molecule has 1 saturated carbocycles. The van der Waals surface area contributed by atoms with E-state index in [4.69, 9.17) is 10.3 Å². The van der Waals surface area contributed by atoms with Gasteiger partial charge >= 0.3 is 5.97 Å². The van der Waals surface area contributed by atoms with Gasteiger partial charge in [-0.2, -0.15) is 0 Å². The number of nitrogens with one attached hydrogen (secondary N) is 2. The molecule has 198 valence electrons. The Morgan fingerprint density at radius 1 is 1.24 bits per heavy atom. The standard InChI is InChI=1S/C27H35N5O5/c1-16(2)14-17(15-29-21-11-13-37-31-21)30-24(33)19-9-6-7-12-27(19,26(28)36)22-18-8-4-5-10-20(18)32(3)23(22)25(34)35/h4-5,8,10-11,13,16-17,19H,6-7,9,12,14-15H2,1-3H3,(H2,28,36)(H,29,31)(H,30,33)(H,34,35)/t17-,19-,27-/m0/s1. The third-order valence-electron chi connectivity index (χ3n) is 7.49. The molecule has 0 aliphatic heterocycles. The highest BCUT2D eigenvalue weighted by atomic mass is 16.5. The minimum atomic E-state index is -1.45. The van der Waals surface area contributed by atoms with Crippen LogP contribution in [0.15, 0.2) is 41.1 Å². The van der Waals surface area contributed by atoms with E-state index in [1.165, 1.54) is 6.26 Å². The first-order valence-corrected chi connectivity index (χ1v) is 12.7. The lowest BCUT2D eigenvalue weighted by atomic mass is 9.60. The monoisotopic (exact) mass is 509 g/mol. The number of rotatable bonds is 10. The molecular formula is C27H35N5O5. The number of aromatic nitrogens is 2. The second kappa shape index (κ2) is 10.7. The predicted molar refractivity (Wildman–Crippen MR) is 139 cm³/mol. The number of hydrogen-bond donors (Lipinski definition) is 4. The summed E-state index contributed by atoms with van der Waals surface area (Å²) in [5, 5.41) is 21.0. The van der Waals surface area contributed by atoms with Crippen molar-refractivity contribution in [1.29, 1.82) is 0 Å². The van der Waals surface area contributed by atoms with Crippen molar-refractivity contribution in [3.8, 4) is 0 Å². The van der Waals surface area contributed by atoms with Gasteiger partial charge in [-0.15, -0.1) is 0 Å². The number of nitrogens with zero attached hydrogens (tertiary/aromatic N) is 2. The van der Waals surface area contributed by atoms with Crippen molar-refractivity contribution in [2.75, 3.05) is 11.9 Å². The number of carbonyl (C=O) groups is 3.